The van der Waals surface area contributed by atoms with Crippen molar-refractivity contribution in [3.05, 3.63) is 59.7 Å². The van der Waals surface area contributed by atoms with Crippen molar-refractivity contribution >= 4 is 23.5 Å². The number of amides is 2. The highest BCUT2D eigenvalue weighted by Gasteiger charge is 2.33. The molecule has 2 aromatic carbocycles. The number of nitrogens with zero attached hydrogens (tertiary/aromatic N) is 1. The zero-order chi connectivity index (χ0) is 18.7. The van der Waals surface area contributed by atoms with E-state index < -0.39 is 11.7 Å². The molecule has 0 bridgehead atoms. The van der Waals surface area contributed by atoms with Crippen LogP contribution in [0.5, 0.6) is 5.75 Å². The van der Waals surface area contributed by atoms with E-state index in [2.05, 4.69) is 5.32 Å². The number of halogens is 3. The van der Waals surface area contributed by atoms with E-state index in [1.54, 1.807) is 29.2 Å². The van der Waals surface area contributed by atoms with E-state index in [1.807, 2.05) is 0 Å². The molecule has 138 valence electrons. The highest BCUT2D eigenvalue weighted by atomic mass is 32.2. The van der Waals surface area contributed by atoms with Crippen LogP contribution in [0, 0.1) is 0 Å². The van der Waals surface area contributed by atoms with Gasteiger partial charge < -0.3 is 15.0 Å². The summed E-state index contributed by atoms with van der Waals surface area (Å²) >= 11 is 1.52. The number of ether oxygens (including phenoxy) is 1. The lowest BCUT2D eigenvalue weighted by Crippen LogP contribution is -2.34. The standard InChI is InChI=1S/C18H17F3N2O2S/c1-25-15-5-3-2-4-14(15)22-17(24)23-10-11-26-16(23)12-6-8-13(9-7-12)18(19,20)21/h2-9,16H,10-11H2,1H3,(H,22,24)/t16-/m1/s1. The van der Waals surface area contributed by atoms with Crippen molar-refractivity contribution in [2.75, 3.05) is 24.7 Å². The minimum absolute atomic E-state index is 0.315. The van der Waals surface area contributed by atoms with E-state index in [0.29, 0.717) is 29.3 Å². The molecular formula is C18H17F3N2O2S. The monoisotopic (exact) mass is 382 g/mol. The fraction of sp³-hybridized carbons (Fsp3) is 0.278. The third-order valence-corrected chi connectivity index (χ3v) is 5.28. The molecule has 0 aromatic heterocycles. The molecule has 1 heterocycles. The molecule has 26 heavy (non-hydrogen) atoms. The number of carbonyl (C=O) groups excluding carboxylic acids is 1. The maximum atomic E-state index is 12.7. The van der Waals surface area contributed by atoms with Crippen molar-refractivity contribution in [3.8, 4) is 5.75 Å². The van der Waals surface area contributed by atoms with Crippen LogP contribution in [0.15, 0.2) is 48.5 Å². The molecule has 0 saturated carbocycles. The third kappa shape index (κ3) is 3.90. The first-order valence-electron chi connectivity index (χ1n) is 7.89. The number of para-hydroxylation sites is 2. The molecule has 1 saturated heterocycles. The van der Waals surface area contributed by atoms with Crippen LogP contribution in [0.4, 0.5) is 23.7 Å². The Balaban J connectivity index is 1.76. The number of thioether (sulfide) groups is 1. The van der Waals surface area contributed by atoms with Gasteiger partial charge in [0.25, 0.3) is 0 Å². The lowest BCUT2D eigenvalue weighted by Gasteiger charge is -2.25. The Bertz CT molecular complexity index is 781. The van der Waals surface area contributed by atoms with Gasteiger partial charge in [0.15, 0.2) is 0 Å². The quantitative estimate of drug-likeness (QED) is 0.813. The Kier molecular flexibility index (Phi) is 5.31. The van der Waals surface area contributed by atoms with E-state index in [0.717, 1.165) is 12.1 Å². The molecule has 2 aromatic rings. The highest BCUT2D eigenvalue weighted by molar-refractivity contribution is 7.99. The number of methoxy groups -OCH3 is 1. The van der Waals surface area contributed by atoms with E-state index >= 15 is 0 Å². The first-order chi connectivity index (χ1) is 12.4. The minimum Gasteiger partial charge on any atom is -0.495 e. The second-order valence-corrected chi connectivity index (χ2v) is 6.85. The Labute approximate surface area is 153 Å². The molecule has 1 fully saturated rings. The van der Waals surface area contributed by atoms with Gasteiger partial charge in [-0.3, -0.25) is 0 Å². The third-order valence-electron chi connectivity index (χ3n) is 4.02. The lowest BCUT2D eigenvalue weighted by molar-refractivity contribution is -0.137. The number of benzene rings is 2. The van der Waals surface area contributed by atoms with Crippen LogP contribution >= 0.6 is 11.8 Å². The van der Waals surface area contributed by atoms with Crippen LogP contribution in [0.3, 0.4) is 0 Å². The van der Waals surface area contributed by atoms with Crippen LogP contribution < -0.4 is 10.1 Å². The SMILES string of the molecule is COc1ccccc1NC(=O)N1CCS[C@@H]1c1ccc(C(F)(F)F)cc1. The molecule has 1 N–H and O–H groups in total. The van der Waals surface area contributed by atoms with Crippen LogP contribution in [-0.4, -0.2) is 30.3 Å². The number of anilines is 1. The van der Waals surface area contributed by atoms with Crippen LogP contribution in [0.2, 0.25) is 0 Å². The van der Waals surface area contributed by atoms with Crippen molar-refractivity contribution < 1.29 is 22.7 Å². The van der Waals surface area contributed by atoms with E-state index in [9.17, 15) is 18.0 Å². The number of hydrogen-bond donors (Lipinski definition) is 1. The van der Waals surface area contributed by atoms with Gasteiger partial charge in [-0.25, -0.2) is 4.79 Å². The summed E-state index contributed by atoms with van der Waals surface area (Å²) in [7, 11) is 1.52. The smallest absolute Gasteiger partial charge is 0.416 e. The number of carbonyl (C=O) groups is 1. The molecule has 0 aliphatic carbocycles. The fourth-order valence-electron chi connectivity index (χ4n) is 2.73. The normalized spacial score (nSPS) is 17.2. The molecule has 1 aliphatic rings. The largest absolute Gasteiger partial charge is 0.495 e. The highest BCUT2D eigenvalue weighted by Crippen LogP contribution is 2.39. The molecule has 0 spiro atoms. The van der Waals surface area contributed by atoms with Gasteiger partial charge in [-0.2, -0.15) is 13.2 Å². The Morgan fingerprint density at radius 3 is 2.54 bits per heavy atom. The van der Waals surface area contributed by atoms with Gasteiger partial charge in [0.05, 0.1) is 18.4 Å². The maximum absolute atomic E-state index is 12.7. The molecule has 2 amide bonds. The average Bonchev–Trinajstić information content (AvgIpc) is 3.11. The molecule has 0 radical (unpaired) electrons. The van der Waals surface area contributed by atoms with E-state index in [-0.39, 0.29) is 11.4 Å². The zero-order valence-corrected chi connectivity index (χ0v) is 14.7. The molecule has 1 atom stereocenters. The Morgan fingerprint density at radius 2 is 1.88 bits per heavy atom. The summed E-state index contributed by atoms with van der Waals surface area (Å²) in [5.74, 6) is 1.25. The molecular weight excluding hydrogens is 365 g/mol. The van der Waals surface area contributed by atoms with E-state index in [4.69, 9.17) is 4.74 Å². The summed E-state index contributed by atoms with van der Waals surface area (Å²) in [5, 5.41) is 2.48. The van der Waals surface area contributed by atoms with Gasteiger partial charge in [-0.05, 0) is 29.8 Å². The maximum Gasteiger partial charge on any atom is 0.416 e. The fourth-order valence-corrected chi connectivity index (χ4v) is 3.98. The Morgan fingerprint density at radius 1 is 1.19 bits per heavy atom. The van der Waals surface area contributed by atoms with Gasteiger partial charge in [-0.15, -0.1) is 11.8 Å². The first kappa shape index (κ1) is 18.4. The van der Waals surface area contributed by atoms with Crippen molar-refractivity contribution in [1.82, 2.24) is 4.90 Å². The molecule has 8 heteroatoms. The van der Waals surface area contributed by atoms with Crippen molar-refractivity contribution in [2.24, 2.45) is 0 Å². The molecule has 3 rings (SSSR count). The Hall–Kier alpha value is -2.35. The van der Waals surface area contributed by atoms with Crippen LogP contribution in [0.25, 0.3) is 0 Å². The summed E-state index contributed by atoms with van der Waals surface area (Å²) in [6.07, 6.45) is -4.37. The average molecular weight is 382 g/mol. The van der Waals surface area contributed by atoms with Gasteiger partial charge in [0.1, 0.15) is 11.1 Å². The second-order valence-electron chi connectivity index (χ2n) is 5.67. The second kappa shape index (κ2) is 7.49. The summed E-state index contributed by atoms with van der Waals surface area (Å²) in [6.45, 7) is 0.511. The van der Waals surface area contributed by atoms with Gasteiger partial charge >= 0.3 is 12.2 Å². The summed E-state index contributed by atoms with van der Waals surface area (Å²) in [5.41, 5.74) is 0.507. The first-order valence-corrected chi connectivity index (χ1v) is 8.94. The molecule has 4 nitrogen and oxygen atoms in total. The lowest BCUT2D eigenvalue weighted by atomic mass is 10.1. The van der Waals surface area contributed by atoms with Crippen LogP contribution in [0.1, 0.15) is 16.5 Å². The number of urea groups is 1. The number of alkyl halides is 3. The summed E-state index contributed by atoms with van der Waals surface area (Å²) in [4.78, 5) is 14.3. The van der Waals surface area contributed by atoms with Crippen molar-refractivity contribution in [1.29, 1.82) is 0 Å². The van der Waals surface area contributed by atoms with Crippen molar-refractivity contribution in [3.63, 3.8) is 0 Å². The number of nitrogens with one attached hydrogen (secondary N) is 1. The topological polar surface area (TPSA) is 41.6 Å². The number of rotatable bonds is 3. The van der Waals surface area contributed by atoms with E-state index in [1.165, 1.54) is 31.0 Å². The van der Waals surface area contributed by atoms with Gasteiger partial charge in [-0.1, -0.05) is 24.3 Å². The van der Waals surface area contributed by atoms with Crippen molar-refractivity contribution in [2.45, 2.75) is 11.6 Å². The molecule has 0 unspecified atom stereocenters. The zero-order valence-electron chi connectivity index (χ0n) is 13.9. The summed E-state index contributed by atoms with van der Waals surface area (Å²) < 4.78 is 43.4. The summed E-state index contributed by atoms with van der Waals surface area (Å²) in [6, 6.07) is 11.7. The van der Waals surface area contributed by atoms with Crippen LogP contribution in [-0.2, 0) is 6.18 Å². The predicted octanol–water partition coefficient (Wildman–Crippen LogP) is 4.99. The minimum atomic E-state index is -4.37. The molecule has 1 aliphatic heterocycles. The van der Waals surface area contributed by atoms with Gasteiger partial charge in [0, 0.05) is 12.3 Å². The van der Waals surface area contributed by atoms with Gasteiger partial charge in [0.2, 0.25) is 0 Å². The number of hydrogen-bond acceptors (Lipinski definition) is 3. The predicted molar refractivity (Wildman–Crippen MR) is 95.4 cm³/mol.